The first kappa shape index (κ1) is 15.1. The Balaban J connectivity index is 1.79. The molecule has 1 aliphatic heterocycles. The fraction of sp³-hybridized carbons (Fsp3) is 0.143. The summed E-state index contributed by atoms with van der Waals surface area (Å²) in [4.78, 5) is 21.1. The number of hydrogen-bond donors (Lipinski definition) is 2. The zero-order chi connectivity index (χ0) is 16.4. The maximum atomic E-state index is 10.5. The van der Waals surface area contributed by atoms with Gasteiger partial charge in [0.1, 0.15) is 5.03 Å². The Morgan fingerprint density at radius 3 is 3.04 bits per heavy atom. The summed E-state index contributed by atoms with van der Waals surface area (Å²) < 4.78 is 0. The van der Waals surface area contributed by atoms with Gasteiger partial charge in [0.05, 0.1) is 10.6 Å². The van der Waals surface area contributed by atoms with E-state index in [4.69, 9.17) is 5.73 Å². The first-order chi connectivity index (χ1) is 11.0. The third-order valence-electron chi connectivity index (χ3n) is 3.27. The topological polar surface area (TPSA) is 110 Å². The number of rotatable bonds is 4. The second kappa shape index (κ2) is 6.13. The van der Waals surface area contributed by atoms with Crippen molar-refractivity contribution in [3.05, 3.63) is 58.3 Å². The van der Waals surface area contributed by atoms with Crippen LogP contribution in [0.5, 0.6) is 0 Å². The number of anilines is 2. The van der Waals surface area contributed by atoms with Crippen molar-refractivity contribution in [3.63, 3.8) is 0 Å². The fourth-order valence-electron chi connectivity index (χ4n) is 2.15. The van der Waals surface area contributed by atoms with Crippen LogP contribution in [-0.2, 0) is 6.54 Å². The summed E-state index contributed by atoms with van der Waals surface area (Å²) in [5, 5.41) is 14.6. The van der Waals surface area contributed by atoms with Gasteiger partial charge < -0.3 is 16.0 Å². The molecule has 0 bridgehead atoms. The van der Waals surface area contributed by atoms with Crippen molar-refractivity contribution in [1.82, 2.24) is 14.9 Å². The Labute approximate surface area is 136 Å². The van der Waals surface area contributed by atoms with E-state index < -0.39 is 4.92 Å². The molecule has 2 heterocycles. The molecule has 1 aliphatic rings. The van der Waals surface area contributed by atoms with Gasteiger partial charge in [0.2, 0.25) is 0 Å². The summed E-state index contributed by atoms with van der Waals surface area (Å²) in [7, 11) is 1.71. The quantitative estimate of drug-likeness (QED) is 0.553. The van der Waals surface area contributed by atoms with E-state index in [0.717, 1.165) is 33.2 Å². The van der Waals surface area contributed by atoms with Gasteiger partial charge in [-0.3, -0.25) is 10.1 Å². The maximum absolute atomic E-state index is 10.5. The van der Waals surface area contributed by atoms with Gasteiger partial charge >= 0.3 is 0 Å². The van der Waals surface area contributed by atoms with Crippen LogP contribution in [0.25, 0.3) is 0 Å². The molecule has 0 unspecified atom stereocenters. The molecular formula is C14H14N6O2S. The van der Waals surface area contributed by atoms with E-state index in [0.29, 0.717) is 6.54 Å². The highest BCUT2D eigenvalue weighted by atomic mass is 32.2. The van der Waals surface area contributed by atoms with Gasteiger partial charge in [-0.05, 0) is 17.7 Å². The highest BCUT2D eigenvalue weighted by Crippen LogP contribution is 2.42. The van der Waals surface area contributed by atoms with Gasteiger partial charge in [0.15, 0.2) is 11.6 Å². The van der Waals surface area contributed by atoms with Crippen LogP contribution in [0, 0.1) is 10.1 Å². The van der Waals surface area contributed by atoms with Crippen molar-refractivity contribution in [2.45, 2.75) is 16.5 Å². The molecule has 23 heavy (non-hydrogen) atoms. The lowest BCUT2D eigenvalue weighted by Gasteiger charge is -2.21. The van der Waals surface area contributed by atoms with Gasteiger partial charge in [-0.1, -0.05) is 17.8 Å². The highest BCUT2D eigenvalue weighted by Gasteiger charge is 2.18. The second-order valence-corrected chi connectivity index (χ2v) is 5.99. The molecule has 0 aliphatic carbocycles. The molecule has 0 atom stereocenters. The fourth-order valence-corrected chi connectivity index (χ4v) is 3.03. The molecular weight excluding hydrogens is 316 g/mol. The number of nitrogens with one attached hydrogen (secondary N) is 1. The van der Waals surface area contributed by atoms with Crippen molar-refractivity contribution < 1.29 is 4.92 Å². The molecule has 9 heteroatoms. The van der Waals surface area contributed by atoms with E-state index >= 15 is 0 Å². The molecule has 2 aromatic rings. The third-order valence-corrected chi connectivity index (χ3v) is 4.33. The molecule has 118 valence electrons. The van der Waals surface area contributed by atoms with E-state index in [9.17, 15) is 10.1 Å². The molecule has 0 saturated carbocycles. The molecule has 0 amide bonds. The predicted molar refractivity (Wildman–Crippen MR) is 86.6 cm³/mol. The maximum Gasteiger partial charge on any atom is 0.274 e. The van der Waals surface area contributed by atoms with Gasteiger partial charge in [-0.15, -0.1) is 0 Å². The van der Waals surface area contributed by atoms with Crippen LogP contribution < -0.4 is 11.1 Å². The van der Waals surface area contributed by atoms with Gasteiger partial charge in [-0.25, -0.2) is 9.97 Å². The van der Waals surface area contributed by atoms with Crippen LogP contribution in [0.15, 0.2) is 52.5 Å². The second-order valence-electron chi connectivity index (χ2n) is 4.96. The molecule has 0 radical (unpaired) electrons. The normalized spacial score (nSPS) is 12.8. The Kier molecular flexibility index (Phi) is 4.02. The molecule has 0 fully saturated rings. The summed E-state index contributed by atoms with van der Waals surface area (Å²) >= 11 is 1.55. The first-order valence-corrected chi connectivity index (χ1v) is 7.55. The summed E-state index contributed by atoms with van der Waals surface area (Å²) in [6.45, 7) is 0.461. The molecule has 0 saturated heterocycles. The number of fused-ring (bicyclic) bond motifs is 2. The summed E-state index contributed by atoms with van der Waals surface area (Å²) in [5.41, 5.74) is 7.59. The average Bonchev–Trinajstić information content (AvgIpc) is 2.52. The van der Waals surface area contributed by atoms with Crippen LogP contribution in [-0.4, -0.2) is 26.8 Å². The number of aromatic nitrogens is 2. The lowest BCUT2D eigenvalue weighted by Crippen LogP contribution is -2.24. The zero-order valence-electron chi connectivity index (χ0n) is 12.3. The van der Waals surface area contributed by atoms with Crippen molar-refractivity contribution in [3.8, 4) is 0 Å². The highest BCUT2D eigenvalue weighted by molar-refractivity contribution is 7.99. The Morgan fingerprint density at radius 1 is 1.48 bits per heavy atom. The van der Waals surface area contributed by atoms with Crippen molar-refractivity contribution in [2.24, 2.45) is 5.73 Å². The van der Waals surface area contributed by atoms with Crippen LogP contribution in [0.3, 0.4) is 0 Å². The number of nitrogens with two attached hydrogens (primary N) is 1. The average molecular weight is 330 g/mol. The van der Waals surface area contributed by atoms with Crippen LogP contribution in [0.2, 0.25) is 0 Å². The van der Waals surface area contributed by atoms with Gasteiger partial charge in [0, 0.05) is 30.9 Å². The minimum Gasteiger partial charge on any atom is -0.380 e. The van der Waals surface area contributed by atoms with Crippen LogP contribution in [0.4, 0.5) is 11.5 Å². The molecule has 3 N–H and O–H groups in total. The standard InChI is InChI=1S/C14H14N6O2S/c1-19(12(15)8-20(21)22)7-9-2-3-11-10(6-9)18-13-14(23-11)17-5-4-16-13/h2-6,8H,7,15H2,1H3,(H,16,18). The number of hydrogen-bond acceptors (Lipinski definition) is 8. The number of nitrogens with zero attached hydrogens (tertiary/aromatic N) is 4. The molecule has 0 spiro atoms. The van der Waals surface area contributed by atoms with E-state index in [1.54, 1.807) is 36.1 Å². The summed E-state index contributed by atoms with van der Waals surface area (Å²) in [6.07, 6.45) is 4.09. The molecule has 1 aromatic carbocycles. The lowest BCUT2D eigenvalue weighted by atomic mass is 10.2. The largest absolute Gasteiger partial charge is 0.380 e. The number of nitro groups is 1. The van der Waals surface area contributed by atoms with Gasteiger partial charge in [0.25, 0.3) is 6.20 Å². The smallest absolute Gasteiger partial charge is 0.274 e. The van der Waals surface area contributed by atoms with Gasteiger partial charge in [-0.2, -0.15) is 0 Å². The van der Waals surface area contributed by atoms with E-state index in [2.05, 4.69) is 15.3 Å². The molecule has 3 rings (SSSR count). The van der Waals surface area contributed by atoms with Crippen LogP contribution >= 0.6 is 11.8 Å². The minimum absolute atomic E-state index is 0.103. The van der Waals surface area contributed by atoms with Crippen LogP contribution in [0.1, 0.15) is 5.56 Å². The van der Waals surface area contributed by atoms with E-state index in [1.807, 2.05) is 18.2 Å². The lowest BCUT2D eigenvalue weighted by molar-refractivity contribution is -0.404. The third kappa shape index (κ3) is 3.34. The van der Waals surface area contributed by atoms with E-state index in [-0.39, 0.29) is 5.82 Å². The predicted octanol–water partition coefficient (Wildman–Crippen LogP) is 2.15. The van der Waals surface area contributed by atoms with Crippen molar-refractivity contribution >= 4 is 23.3 Å². The molecule has 1 aromatic heterocycles. The number of benzene rings is 1. The molecule has 8 nitrogen and oxygen atoms in total. The summed E-state index contributed by atoms with van der Waals surface area (Å²) in [6, 6.07) is 5.93. The SMILES string of the molecule is CN(Cc1ccc2c(c1)Nc1nccnc1S2)C(N)=C[N+](=O)[O-]. The van der Waals surface area contributed by atoms with E-state index in [1.165, 1.54) is 0 Å². The van der Waals surface area contributed by atoms with Crippen molar-refractivity contribution in [2.75, 3.05) is 12.4 Å². The van der Waals surface area contributed by atoms with Crippen molar-refractivity contribution in [1.29, 1.82) is 0 Å². The Hall–Kier alpha value is -2.81. The monoisotopic (exact) mass is 330 g/mol. The summed E-state index contributed by atoms with van der Waals surface area (Å²) in [5.74, 6) is 0.828. The minimum atomic E-state index is -0.563. The first-order valence-electron chi connectivity index (χ1n) is 6.73. The Morgan fingerprint density at radius 2 is 2.26 bits per heavy atom. The zero-order valence-corrected chi connectivity index (χ0v) is 13.1. The Bertz CT molecular complexity index is 795.